The SMILES string of the molecule is NCCCN(Cc1ccccc1)C(=O)c1ccccc1OCc1ccccc1. The molecule has 0 heterocycles. The fraction of sp³-hybridized carbons (Fsp3) is 0.208. The van der Waals surface area contributed by atoms with Gasteiger partial charge in [0.25, 0.3) is 5.91 Å². The summed E-state index contributed by atoms with van der Waals surface area (Å²) in [6.45, 7) is 2.13. The highest BCUT2D eigenvalue weighted by molar-refractivity contribution is 5.96. The van der Waals surface area contributed by atoms with Gasteiger partial charge in [0.1, 0.15) is 12.4 Å². The first-order chi connectivity index (χ1) is 13.8. The van der Waals surface area contributed by atoms with Crippen molar-refractivity contribution < 1.29 is 9.53 Å². The first kappa shape index (κ1) is 19.6. The molecular formula is C24H26N2O2. The molecule has 2 N–H and O–H groups in total. The van der Waals surface area contributed by atoms with Crippen LogP contribution in [0.1, 0.15) is 27.9 Å². The Bertz CT molecular complexity index is 866. The van der Waals surface area contributed by atoms with Gasteiger partial charge < -0.3 is 15.4 Å². The van der Waals surface area contributed by atoms with Crippen LogP contribution in [0.15, 0.2) is 84.9 Å². The lowest BCUT2D eigenvalue weighted by molar-refractivity contribution is 0.0737. The van der Waals surface area contributed by atoms with Crippen LogP contribution in [0.5, 0.6) is 5.75 Å². The largest absolute Gasteiger partial charge is 0.488 e. The summed E-state index contributed by atoms with van der Waals surface area (Å²) in [7, 11) is 0. The van der Waals surface area contributed by atoms with Crippen molar-refractivity contribution in [1.29, 1.82) is 0 Å². The predicted octanol–water partition coefficient (Wildman–Crippen LogP) is 4.26. The molecule has 3 aromatic carbocycles. The van der Waals surface area contributed by atoms with E-state index in [2.05, 4.69) is 0 Å². The summed E-state index contributed by atoms with van der Waals surface area (Å²) in [4.78, 5) is 15.1. The van der Waals surface area contributed by atoms with Crippen LogP contribution in [0.2, 0.25) is 0 Å². The lowest BCUT2D eigenvalue weighted by atomic mass is 10.1. The molecule has 0 saturated heterocycles. The first-order valence-corrected chi connectivity index (χ1v) is 9.57. The van der Waals surface area contributed by atoms with Crippen molar-refractivity contribution in [3.05, 3.63) is 102 Å². The van der Waals surface area contributed by atoms with E-state index in [0.29, 0.717) is 37.6 Å². The summed E-state index contributed by atoms with van der Waals surface area (Å²) < 4.78 is 5.98. The summed E-state index contributed by atoms with van der Waals surface area (Å²) in [5.41, 5.74) is 8.42. The highest BCUT2D eigenvalue weighted by Gasteiger charge is 2.19. The Morgan fingerprint density at radius 1 is 0.821 bits per heavy atom. The van der Waals surface area contributed by atoms with Gasteiger partial charge in [0.15, 0.2) is 0 Å². The molecule has 0 saturated carbocycles. The minimum absolute atomic E-state index is 0.0408. The number of nitrogens with two attached hydrogens (primary N) is 1. The van der Waals surface area contributed by atoms with E-state index >= 15 is 0 Å². The zero-order valence-electron chi connectivity index (χ0n) is 16.0. The molecule has 4 heteroatoms. The molecule has 3 rings (SSSR count). The van der Waals surface area contributed by atoms with Crippen LogP contribution < -0.4 is 10.5 Å². The highest BCUT2D eigenvalue weighted by atomic mass is 16.5. The van der Waals surface area contributed by atoms with Crippen molar-refractivity contribution >= 4 is 5.91 Å². The third kappa shape index (κ3) is 5.44. The average molecular weight is 374 g/mol. The quantitative estimate of drug-likeness (QED) is 0.609. The molecule has 3 aromatic rings. The van der Waals surface area contributed by atoms with Gasteiger partial charge in [-0.05, 0) is 36.2 Å². The Balaban J connectivity index is 1.78. The van der Waals surface area contributed by atoms with E-state index in [-0.39, 0.29) is 5.91 Å². The van der Waals surface area contributed by atoms with Crippen LogP contribution in [0.25, 0.3) is 0 Å². The van der Waals surface area contributed by atoms with Gasteiger partial charge in [-0.15, -0.1) is 0 Å². The number of hydrogen-bond acceptors (Lipinski definition) is 3. The molecule has 0 aliphatic heterocycles. The molecule has 1 amide bonds. The van der Waals surface area contributed by atoms with E-state index in [4.69, 9.17) is 10.5 Å². The minimum atomic E-state index is -0.0408. The van der Waals surface area contributed by atoms with E-state index < -0.39 is 0 Å². The molecule has 0 aliphatic rings. The Morgan fingerprint density at radius 2 is 1.43 bits per heavy atom. The maximum Gasteiger partial charge on any atom is 0.257 e. The van der Waals surface area contributed by atoms with E-state index in [9.17, 15) is 4.79 Å². The summed E-state index contributed by atoms with van der Waals surface area (Å²) in [6, 6.07) is 27.4. The Labute approximate surface area is 166 Å². The van der Waals surface area contributed by atoms with Gasteiger partial charge in [0.2, 0.25) is 0 Å². The number of amides is 1. The average Bonchev–Trinajstić information content (AvgIpc) is 2.76. The molecule has 28 heavy (non-hydrogen) atoms. The molecule has 144 valence electrons. The predicted molar refractivity (Wildman–Crippen MR) is 112 cm³/mol. The van der Waals surface area contributed by atoms with Gasteiger partial charge in [-0.3, -0.25) is 4.79 Å². The molecule has 0 atom stereocenters. The minimum Gasteiger partial charge on any atom is -0.488 e. The monoisotopic (exact) mass is 374 g/mol. The number of benzene rings is 3. The number of hydrogen-bond donors (Lipinski definition) is 1. The summed E-state index contributed by atoms with van der Waals surface area (Å²) >= 11 is 0. The van der Waals surface area contributed by atoms with E-state index in [0.717, 1.165) is 17.5 Å². The molecule has 0 bridgehead atoms. The van der Waals surface area contributed by atoms with Crippen molar-refractivity contribution in [2.24, 2.45) is 5.73 Å². The lowest BCUT2D eigenvalue weighted by Crippen LogP contribution is -2.32. The molecule has 4 nitrogen and oxygen atoms in total. The Hall–Kier alpha value is -3.11. The summed E-state index contributed by atoms with van der Waals surface area (Å²) in [5.74, 6) is 0.558. The van der Waals surface area contributed by atoms with Gasteiger partial charge in [-0.25, -0.2) is 0 Å². The Morgan fingerprint density at radius 3 is 2.11 bits per heavy atom. The highest BCUT2D eigenvalue weighted by Crippen LogP contribution is 2.22. The number of rotatable bonds is 9. The van der Waals surface area contributed by atoms with Crippen molar-refractivity contribution in [3.63, 3.8) is 0 Å². The Kier molecular flexibility index (Phi) is 7.21. The maximum atomic E-state index is 13.3. The fourth-order valence-corrected chi connectivity index (χ4v) is 3.01. The van der Waals surface area contributed by atoms with Crippen LogP contribution in [0.4, 0.5) is 0 Å². The zero-order chi connectivity index (χ0) is 19.6. The second kappa shape index (κ2) is 10.3. The topological polar surface area (TPSA) is 55.6 Å². The molecule has 0 aromatic heterocycles. The van der Waals surface area contributed by atoms with Crippen LogP contribution in [-0.4, -0.2) is 23.9 Å². The van der Waals surface area contributed by atoms with Crippen LogP contribution >= 0.6 is 0 Å². The molecule has 0 fully saturated rings. The van der Waals surface area contributed by atoms with Crippen molar-refractivity contribution in [2.75, 3.05) is 13.1 Å². The maximum absolute atomic E-state index is 13.3. The zero-order valence-corrected chi connectivity index (χ0v) is 16.0. The molecule has 0 aliphatic carbocycles. The smallest absolute Gasteiger partial charge is 0.257 e. The second-order valence-corrected chi connectivity index (χ2v) is 6.62. The summed E-state index contributed by atoms with van der Waals surface area (Å²) in [5, 5.41) is 0. The number of para-hydroxylation sites is 1. The first-order valence-electron chi connectivity index (χ1n) is 9.57. The van der Waals surface area contributed by atoms with Crippen LogP contribution in [0, 0.1) is 0 Å². The molecule has 0 spiro atoms. The fourth-order valence-electron chi connectivity index (χ4n) is 3.01. The van der Waals surface area contributed by atoms with Gasteiger partial charge >= 0.3 is 0 Å². The number of carbonyl (C=O) groups excluding carboxylic acids is 1. The van der Waals surface area contributed by atoms with Crippen molar-refractivity contribution in [1.82, 2.24) is 4.90 Å². The van der Waals surface area contributed by atoms with Crippen LogP contribution in [-0.2, 0) is 13.2 Å². The normalized spacial score (nSPS) is 10.5. The van der Waals surface area contributed by atoms with Gasteiger partial charge in [0.05, 0.1) is 5.56 Å². The van der Waals surface area contributed by atoms with E-state index in [1.165, 1.54) is 0 Å². The van der Waals surface area contributed by atoms with Gasteiger partial charge in [-0.1, -0.05) is 72.8 Å². The lowest BCUT2D eigenvalue weighted by Gasteiger charge is -2.24. The second-order valence-electron chi connectivity index (χ2n) is 6.62. The number of carbonyl (C=O) groups is 1. The summed E-state index contributed by atoms with van der Waals surface area (Å²) in [6.07, 6.45) is 0.756. The number of nitrogens with zero attached hydrogens (tertiary/aromatic N) is 1. The molecular weight excluding hydrogens is 348 g/mol. The van der Waals surface area contributed by atoms with Crippen molar-refractivity contribution in [2.45, 2.75) is 19.6 Å². The molecule has 0 unspecified atom stereocenters. The van der Waals surface area contributed by atoms with E-state index in [1.807, 2.05) is 89.8 Å². The van der Waals surface area contributed by atoms with Crippen molar-refractivity contribution in [3.8, 4) is 5.75 Å². The van der Waals surface area contributed by atoms with Crippen LogP contribution in [0.3, 0.4) is 0 Å². The van der Waals surface area contributed by atoms with Gasteiger partial charge in [-0.2, -0.15) is 0 Å². The molecule has 0 radical (unpaired) electrons. The number of ether oxygens (including phenoxy) is 1. The van der Waals surface area contributed by atoms with Gasteiger partial charge in [0, 0.05) is 13.1 Å². The third-order valence-electron chi connectivity index (χ3n) is 4.49. The third-order valence-corrected chi connectivity index (χ3v) is 4.49. The van der Waals surface area contributed by atoms with E-state index in [1.54, 1.807) is 0 Å². The standard InChI is InChI=1S/C24H26N2O2/c25-16-9-17-26(18-20-10-3-1-4-11-20)24(27)22-14-7-8-15-23(22)28-19-21-12-5-2-6-13-21/h1-8,10-15H,9,16-19,25H2.